The lowest BCUT2D eigenvalue weighted by Crippen LogP contribution is -2.43. The first-order chi connectivity index (χ1) is 15.0. The summed E-state index contributed by atoms with van der Waals surface area (Å²) < 4.78 is 4.90. The number of thiophene rings is 1. The first-order valence-corrected chi connectivity index (χ1v) is 10.7. The van der Waals surface area contributed by atoms with Crippen LogP contribution >= 0.6 is 11.3 Å². The molecule has 0 spiro atoms. The number of nitrogens with two attached hydrogens (primary N) is 2. The third-order valence-corrected chi connectivity index (χ3v) is 5.64. The maximum atomic E-state index is 12.7. The summed E-state index contributed by atoms with van der Waals surface area (Å²) in [6.45, 7) is 0.849. The molecule has 2 amide bonds. The predicted molar refractivity (Wildman–Crippen MR) is 125 cm³/mol. The lowest BCUT2D eigenvalue weighted by molar-refractivity contribution is -0.122. The minimum Gasteiger partial charge on any atom is -0.397 e. The van der Waals surface area contributed by atoms with Gasteiger partial charge in [-0.3, -0.25) is 9.59 Å². The number of ether oxygens (including phenoxy) is 1. The quantitative estimate of drug-likeness (QED) is 0.302. The largest absolute Gasteiger partial charge is 0.397 e. The Hall–Kier alpha value is -3.20. The number of rotatable bonds is 9. The van der Waals surface area contributed by atoms with E-state index in [0.29, 0.717) is 36.5 Å². The number of nitrogens with one attached hydrogen (secondary N) is 2. The molecule has 1 aromatic heterocycles. The van der Waals surface area contributed by atoms with E-state index < -0.39 is 6.04 Å². The van der Waals surface area contributed by atoms with Gasteiger partial charge in [-0.1, -0.05) is 24.3 Å². The highest BCUT2D eigenvalue weighted by molar-refractivity contribution is 7.13. The van der Waals surface area contributed by atoms with Gasteiger partial charge in [0, 0.05) is 24.1 Å². The van der Waals surface area contributed by atoms with Crippen molar-refractivity contribution in [3.05, 3.63) is 71.1 Å². The van der Waals surface area contributed by atoms with Crippen LogP contribution in [-0.2, 0) is 16.0 Å². The van der Waals surface area contributed by atoms with Crippen molar-refractivity contribution in [2.24, 2.45) is 5.73 Å². The highest BCUT2D eigenvalue weighted by Gasteiger charge is 2.15. The highest BCUT2D eigenvalue weighted by Crippen LogP contribution is 2.30. The smallest absolute Gasteiger partial charge is 0.255 e. The Morgan fingerprint density at radius 1 is 1.13 bits per heavy atom. The van der Waals surface area contributed by atoms with Crippen molar-refractivity contribution in [1.82, 2.24) is 5.32 Å². The van der Waals surface area contributed by atoms with Gasteiger partial charge >= 0.3 is 0 Å². The number of benzene rings is 2. The Bertz CT molecular complexity index is 1020. The third kappa shape index (κ3) is 6.14. The summed E-state index contributed by atoms with van der Waals surface area (Å²) in [4.78, 5) is 25.8. The molecule has 2 aromatic carbocycles. The third-order valence-electron chi connectivity index (χ3n) is 4.72. The first kappa shape index (κ1) is 22.5. The van der Waals surface area contributed by atoms with Crippen LogP contribution in [0.15, 0.2) is 60.0 Å². The van der Waals surface area contributed by atoms with Gasteiger partial charge in [-0.15, -0.1) is 11.3 Å². The maximum absolute atomic E-state index is 12.7. The van der Waals surface area contributed by atoms with Gasteiger partial charge in [-0.2, -0.15) is 0 Å². The Balaban J connectivity index is 1.62. The number of amides is 2. The van der Waals surface area contributed by atoms with E-state index in [-0.39, 0.29) is 11.8 Å². The van der Waals surface area contributed by atoms with Gasteiger partial charge in [0.05, 0.1) is 24.0 Å². The second-order valence-corrected chi connectivity index (χ2v) is 7.97. The van der Waals surface area contributed by atoms with Crippen LogP contribution in [-0.4, -0.2) is 38.1 Å². The number of hydrogen-bond donors (Lipinski definition) is 4. The van der Waals surface area contributed by atoms with Gasteiger partial charge in [0.1, 0.15) is 0 Å². The zero-order valence-electron chi connectivity index (χ0n) is 17.3. The van der Waals surface area contributed by atoms with Crippen LogP contribution in [0.5, 0.6) is 0 Å². The van der Waals surface area contributed by atoms with E-state index in [1.165, 1.54) is 0 Å². The lowest BCUT2D eigenvalue weighted by atomic mass is 10.0. The summed E-state index contributed by atoms with van der Waals surface area (Å²) in [6.07, 6.45) is 0.372. The van der Waals surface area contributed by atoms with E-state index in [9.17, 15) is 9.59 Å². The zero-order chi connectivity index (χ0) is 22.2. The van der Waals surface area contributed by atoms with Crippen molar-refractivity contribution in [1.29, 1.82) is 0 Å². The number of anilines is 2. The van der Waals surface area contributed by atoms with Crippen molar-refractivity contribution in [3.63, 3.8) is 0 Å². The van der Waals surface area contributed by atoms with Gasteiger partial charge < -0.3 is 26.8 Å². The lowest BCUT2D eigenvalue weighted by Gasteiger charge is -2.13. The summed E-state index contributed by atoms with van der Waals surface area (Å²) in [5.74, 6) is -0.497. The number of methoxy groups -OCH3 is 1. The molecule has 0 saturated carbocycles. The monoisotopic (exact) mass is 438 g/mol. The maximum Gasteiger partial charge on any atom is 0.255 e. The molecule has 0 unspecified atom stereocenters. The van der Waals surface area contributed by atoms with Crippen molar-refractivity contribution >= 4 is 34.5 Å². The molecular formula is C23H26N4O3S. The SMILES string of the molecule is COCCNC(=O)[C@@H](N)Cc1ccc(C(=O)Nc2cc(-c3cccs3)ccc2N)cc1. The standard InChI is InChI=1S/C23H26N4O3S/c1-30-11-10-26-23(29)19(25)13-15-4-6-16(7-5-15)22(28)27-20-14-17(8-9-18(20)24)21-3-2-12-31-21/h2-9,12,14,19H,10-11,13,24-25H2,1H3,(H,26,29)(H,27,28)/t19-/m0/s1. The van der Waals surface area contributed by atoms with Crippen LogP contribution in [0.25, 0.3) is 10.4 Å². The molecule has 3 aromatic rings. The topological polar surface area (TPSA) is 119 Å². The van der Waals surface area contributed by atoms with E-state index in [1.54, 1.807) is 48.8 Å². The van der Waals surface area contributed by atoms with E-state index in [4.69, 9.17) is 16.2 Å². The van der Waals surface area contributed by atoms with Crippen LogP contribution in [0.3, 0.4) is 0 Å². The molecule has 1 heterocycles. The van der Waals surface area contributed by atoms with E-state index in [0.717, 1.165) is 16.0 Å². The van der Waals surface area contributed by atoms with Crippen molar-refractivity contribution in [3.8, 4) is 10.4 Å². The molecule has 1 atom stereocenters. The average molecular weight is 439 g/mol. The summed E-state index contributed by atoms with van der Waals surface area (Å²) in [5, 5.41) is 7.59. The predicted octanol–water partition coefficient (Wildman–Crippen LogP) is 2.88. The van der Waals surface area contributed by atoms with Gasteiger partial charge in [0.2, 0.25) is 5.91 Å². The van der Waals surface area contributed by atoms with E-state index in [2.05, 4.69) is 10.6 Å². The molecule has 0 aliphatic heterocycles. The molecule has 0 bridgehead atoms. The van der Waals surface area contributed by atoms with Crippen LogP contribution in [0.2, 0.25) is 0 Å². The molecule has 0 aliphatic rings. The van der Waals surface area contributed by atoms with Gasteiger partial charge in [0.15, 0.2) is 0 Å². The normalized spacial score (nSPS) is 11.7. The minimum atomic E-state index is -0.670. The molecule has 8 heteroatoms. The zero-order valence-corrected chi connectivity index (χ0v) is 18.1. The average Bonchev–Trinajstić information content (AvgIpc) is 3.30. The molecular weight excluding hydrogens is 412 g/mol. The van der Waals surface area contributed by atoms with Gasteiger partial charge in [-0.05, 0) is 53.3 Å². The Labute approximate surface area is 185 Å². The number of carbonyl (C=O) groups excluding carboxylic acids is 2. The van der Waals surface area contributed by atoms with Crippen molar-refractivity contribution < 1.29 is 14.3 Å². The second-order valence-electron chi connectivity index (χ2n) is 7.02. The Morgan fingerprint density at radius 3 is 2.58 bits per heavy atom. The summed E-state index contributed by atoms with van der Waals surface area (Å²) in [5.41, 5.74) is 15.4. The molecule has 162 valence electrons. The molecule has 0 saturated heterocycles. The van der Waals surface area contributed by atoms with Crippen LogP contribution < -0.4 is 22.1 Å². The Morgan fingerprint density at radius 2 is 1.90 bits per heavy atom. The first-order valence-electron chi connectivity index (χ1n) is 9.84. The fourth-order valence-corrected chi connectivity index (χ4v) is 3.73. The minimum absolute atomic E-state index is 0.236. The van der Waals surface area contributed by atoms with Gasteiger partial charge in [0.25, 0.3) is 5.91 Å². The molecule has 31 heavy (non-hydrogen) atoms. The fourth-order valence-electron chi connectivity index (χ4n) is 3.00. The van der Waals surface area contributed by atoms with Crippen LogP contribution in [0.1, 0.15) is 15.9 Å². The molecule has 0 radical (unpaired) electrons. The molecule has 6 N–H and O–H groups in total. The number of nitrogen functional groups attached to an aromatic ring is 1. The van der Waals surface area contributed by atoms with E-state index in [1.807, 2.05) is 29.6 Å². The molecule has 7 nitrogen and oxygen atoms in total. The van der Waals surface area contributed by atoms with Gasteiger partial charge in [-0.25, -0.2) is 0 Å². The summed E-state index contributed by atoms with van der Waals surface area (Å²) in [6, 6.07) is 15.9. The summed E-state index contributed by atoms with van der Waals surface area (Å²) in [7, 11) is 1.57. The van der Waals surface area contributed by atoms with Crippen LogP contribution in [0.4, 0.5) is 11.4 Å². The molecule has 0 aliphatic carbocycles. The molecule has 3 rings (SSSR count). The fraction of sp³-hybridized carbons (Fsp3) is 0.217. The molecule has 0 fully saturated rings. The number of carbonyl (C=O) groups is 2. The van der Waals surface area contributed by atoms with Crippen molar-refractivity contribution in [2.75, 3.05) is 31.3 Å². The van der Waals surface area contributed by atoms with E-state index >= 15 is 0 Å². The Kier molecular flexibility index (Phi) is 7.77. The van der Waals surface area contributed by atoms with Crippen molar-refractivity contribution in [2.45, 2.75) is 12.5 Å². The highest BCUT2D eigenvalue weighted by atomic mass is 32.1. The summed E-state index contributed by atoms with van der Waals surface area (Å²) >= 11 is 1.62. The second kappa shape index (κ2) is 10.7. The van der Waals surface area contributed by atoms with Crippen LogP contribution in [0, 0.1) is 0 Å². The number of hydrogen-bond acceptors (Lipinski definition) is 6.